The van der Waals surface area contributed by atoms with Crippen molar-refractivity contribution in [3.63, 3.8) is 0 Å². The number of rotatable bonds is 3. The molecule has 4 heteroatoms. The van der Waals surface area contributed by atoms with Crippen molar-refractivity contribution >= 4 is 5.91 Å². The molecule has 1 amide bonds. The lowest BCUT2D eigenvalue weighted by Gasteiger charge is -2.26. The van der Waals surface area contributed by atoms with Gasteiger partial charge in [0.2, 0.25) is 5.91 Å². The summed E-state index contributed by atoms with van der Waals surface area (Å²) in [5, 5.41) is 5.95. The Morgan fingerprint density at radius 1 is 1.50 bits per heavy atom. The zero-order valence-corrected chi connectivity index (χ0v) is 7.31. The Kier molecular flexibility index (Phi) is 4.04. The highest BCUT2D eigenvalue weighted by atomic mass is 16.1. The van der Waals surface area contributed by atoms with Crippen molar-refractivity contribution in [1.29, 1.82) is 0 Å². The maximum absolute atomic E-state index is 10.4. The first kappa shape index (κ1) is 9.48. The highest BCUT2D eigenvalue weighted by molar-refractivity contribution is 5.79. The Labute approximate surface area is 73.3 Å². The average Bonchev–Trinajstić information content (AvgIpc) is 2.05. The van der Waals surface area contributed by atoms with Crippen LogP contribution in [0.25, 0.3) is 0 Å². The van der Waals surface area contributed by atoms with Crippen LogP contribution in [0.4, 0.5) is 0 Å². The second-order valence-electron chi connectivity index (χ2n) is 2.94. The summed E-state index contributed by atoms with van der Waals surface area (Å²) in [5.41, 5.74) is 0. The van der Waals surface area contributed by atoms with Crippen LogP contribution < -0.4 is 10.6 Å². The number of hydrogen-bond acceptors (Lipinski definition) is 3. The number of piperazine rings is 1. The van der Waals surface area contributed by atoms with E-state index in [1.807, 2.05) is 0 Å². The minimum Gasteiger partial charge on any atom is -0.355 e. The fraction of sp³-hybridized carbons (Fsp3) is 0.750. The fourth-order valence-corrected chi connectivity index (χ4v) is 1.29. The fourth-order valence-electron chi connectivity index (χ4n) is 1.29. The Morgan fingerprint density at radius 2 is 2.17 bits per heavy atom. The van der Waals surface area contributed by atoms with Crippen molar-refractivity contribution in [3.8, 4) is 0 Å². The van der Waals surface area contributed by atoms with E-state index >= 15 is 0 Å². The smallest absolute Gasteiger partial charge is 0.220 e. The Hall–Kier alpha value is -0.610. The molecule has 0 unspecified atom stereocenters. The van der Waals surface area contributed by atoms with Crippen LogP contribution in [0.15, 0.2) is 0 Å². The molecule has 4 nitrogen and oxygen atoms in total. The summed E-state index contributed by atoms with van der Waals surface area (Å²) in [6.45, 7) is 9.14. The van der Waals surface area contributed by atoms with Crippen LogP contribution in [0.5, 0.6) is 0 Å². The number of carbonyl (C=O) groups is 1. The second kappa shape index (κ2) is 5.11. The molecule has 1 aliphatic rings. The standard InChI is InChI=1S/C8H16N3O/c1-8(12)10-4-7-11-5-2-9-3-6-11/h9H,1-7H2,(H,10,12). The average molecular weight is 170 g/mol. The summed E-state index contributed by atoms with van der Waals surface area (Å²) in [7, 11) is 0. The molecule has 1 fully saturated rings. The van der Waals surface area contributed by atoms with Crippen molar-refractivity contribution in [2.24, 2.45) is 0 Å². The van der Waals surface area contributed by atoms with Crippen LogP contribution in [-0.2, 0) is 4.79 Å². The number of amides is 1. The van der Waals surface area contributed by atoms with Gasteiger partial charge in [0.25, 0.3) is 0 Å². The molecule has 0 aromatic rings. The van der Waals surface area contributed by atoms with Gasteiger partial charge in [0.1, 0.15) is 0 Å². The molecule has 0 saturated carbocycles. The normalized spacial score (nSPS) is 19.1. The molecule has 1 rings (SSSR count). The third-order valence-electron chi connectivity index (χ3n) is 1.96. The summed E-state index contributed by atoms with van der Waals surface area (Å²) >= 11 is 0. The number of nitrogens with zero attached hydrogens (tertiary/aromatic N) is 1. The Bertz CT molecular complexity index is 143. The van der Waals surface area contributed by atoms with Gasteiger partial charge in [-0.15, -0.1) is 0 Å². The summed E-state index contributed by atoms with van der Waals surface area (Å²) < 4.78 is 0. The minimum atomic E-state index is -0.190. The van der Waals surface area contributed by atoms with Crippen LogP contribution >= 0.6 is 0 Å². The van der Waals surface area contributed by atoms with Crippen LogP contribution in [0.3, 0.4) is 0 Å². The maximum Gasteiger partial charge on any atom is 0.220 e. The van der Waals surface area contributed by atoms with E-state index in [0.717, 1.165) is 32.7 Å². The van der Waals surface area contributed by atoms with Gasteiger partial charge in [-0.1, -0.05) is 0 Å². The monoisotopic (exact) mass is 170 g/mol. The lowest BCUT2D eigenvalue weighted by Crippen LogP contribution is -2.46. The van der Waals surface area contributed by atoms with Gasteiger partial charge in [-0.3, -0.25) is 9.69 Å². The number of nitrogens with one attached hydrogen (secondary N) is 2. The quantitative estimate of drug-likeness (QED) is 0.561. The van der Waals surface area contributed by atoms with Crippen molar-refractivity contribution in [2.75, 3.05) is 39.3 Å². The molecule has 1 radical (unpaired) electrons. The maximum atomic E-state index is 10.4. The summed E-state index contributed by atoms with van der Waals surface area (Å²) in [6, 6.07) is 0. The van der Waals surface area contributed by atoms with Gasteiger partial charge in [-0.25, -0.2) is 0 Å². The molecule has 1 saturated heterocycles. The third-order valence-corrected chi connectivity index (χ3v) is 1.96. The summed E-state index contributed by atoms with van der Waals surface area (Å²) in [4.78, 5) is 12.8. The molecular formula is C8H16N3O. The van der Waals surface area contributed by atoms with Crippen LogP contribution in [0.2, 0.25) is 0 Å². The van der Waals surface area contributed by atoms with E-state index in [1.165, 1.54) is 0 Å². The van der Waals surface area contributed by atoms with Gasteiger partial charge < -0.3 is 10.6 Å². The van der Waals surface area contributed by atoms with E-state index in [4.69, 9.17) is 0 Å². The molecule has 0 aromatic heterocycles. The van der Waals surface area contributed by atoms with E-state index in [1.54, 1.807) is 0 Å². The number of carbonyl (C=O) groups excluding carboxylic acids is 1. The van der Waals surface area contributed by atoms with E-state index < -0.39 is 0 Å². The molecule has 0 aromatic carbocycles. The Balaban J connectivity index is 2.01. The lowest BCUT2D eigenvalue weighted by atomic mass is 10.3. The van der Waals surface area contributed by atoms with E-state index in [2.05, 4.69) is 22.5 Å². The molecule has 0 spiro atoms. The summed E-state index contributed by atoms with van der Waals surface area (Å²) in [6.07, 6.45) is 0. The predicted octanol–water partition coefficient (Wildman–Crippen LogP) is -1.16. The van der Waals surface area contributed by atoms with Gasteiger partial charge in [0, 0.05) is 46.2 Å². The van der Waals surface area contributed by atoms with Gasteiger partial charge in [0.05, 0.1) is 0 Å². The molecule has 0 aliphatic carbocycles. The van der Waals surface area contributed by atoms with Crippen LogP contribution in [0.1, 0.15) is 0 Å². The predicted molar refractivity (Wildman–Crippen MR) is 47.7 cm³/mol. The SMILES string of the molecule is [CH2]C(=O)NCCN1CCNCC1. The first-order valence-corrected chi connectivity index (χ1v) is 4.32. The molecule has 0 bridgehead atoms. The highest BCUT2D eigenvalue weighted by Crippen LogP contribution is 1.89. The van der Waals surface area contributed by atoms with Crippen molar-refractivity contribution in [1.82, 2.24) is 15.5 Å². The first-order chi connectivity index (χ1) is 5.79. The van der Waals surface area contributed by atoms with E-state index in [0.29, 0.717) is 6.54 Å². The topological polar surface area (TPSA) is 44.4 Å². The zero-order valence-electron chi connectivity index (χ0n) is 7.31. The Morgan fingerprint density at radius 3 is 2.75 bits per heavy atom. The van der Waals surface area contributed by atoms with Crippen molar-refractivity contribution in [2.45, 2.75) is 0 Å². The highest BCUT2D eigenvalue weighted by Gasteiger charge is 2.07. The van der Waals surface area contributed by atoms with E-state index in [-0.39, 0.29) is 5.91 Å². The summed E-state index contributed by atoms with van der Waals surface area (Å²) in [5.74, 6) is -0.190. The first-order valence-electron chi connectivity index (χ1n) is 4.32. The molecule has 12 heavy (non-hydrogen) atoms. The lowest BCUT2D eigenvalue weighted by molar-refractivity contribution is -0.116. The number of hydrogen-bond donors (Lipinski definition) is 2. The molecule has 0 atom stereocenters. The van der Waals surface area contributed by atoms with Gasteiger partial charge in [-0.2, -0.15) is 0 Å². The second-order valence-corrected chi connectivity index (χ2v) is 2.94. The molecular weight excluding hydrogens is 154 g/mol. The largest absolute Gasteiger partial charge is 0.355 e. The third kappa shape index (κ3) is 3.69. The molecule has 1 aliphatic heterocycles. The van der Waals surface area contributed by atoms with Gasteiger partial charge in [0.15, 0.2) is 0 Å². The van der Waals surface area contributed by atoms with Gasteiger partial charge >= 0.3 is 0 Å². The van der Waals surface area contributed by atoms with Crippen LogP contribution in [-0.4, -0.2) is 50.1 Å². The molecule has 1 heterocycles. The molecule has 69 valence electrons. The minimum absolute atomic E-state index is 0.190. The zero-order chi connectivity index (χ0) is 8.81. The van der Waals surface area contributed by atoms with E-state index in [9.17, 15) is 4.79 Å². The van der Waals surface area contributed by atoms with Gasteiger partial charge in [-0.05, 0) is 0 Å². The molecule has 2 N–H and O–H groups in total. The van der Waals surface area contributed by atoms with Crippen molar-refractivity contribution < 1.29 is 4.79 Å². The van der Waals surface area contributed by atoms with Crippen molar-refractivity contribution in [3.05, 3.63) is 6.92 Å². The van der Waals surface area contributed by atoms with Crippen LogP contribution in [0, 0.1) is 6.92 Å².